The Balaban J connectivity index is 2.26. The molecule has 2 heterocycles. The van der Waals surface area contributed by atoms with Gasteiger partial charge in [0.1, 0.15) is 6.04 Å². The third-order valence-electron chi connectivity index (χ3n) is 3.31. The summed E-state index contributed by atoms with van der Waals surface area (Å²) in [5.74, 6) is -1.04. The standard InChI is InChI=1S/C12H15NO3S/c1-7-8(2)17-6-9(7)11(14)13-5-3-4-10(13)12(15)16/h6,10H,3-5H2,1-2H3,(H,15,16). The highest BCUT2D eigenvalue weighted by Crippen LogP contribution is 2.26. The minimum Gasteiger partial charge on any atom is -0.480 e. The Morgan fingerprint density at radius 3 is 2.71 bits per heavy atom. The van der Waals surface area contributed by atoms with E-state index < -0.39 is 12.0 Å². The van der Waals surface area contributed by atoms with Gasteiger partial charge < -0.3 is 10.0 Å². The predicted molar refractivity (Wildman–Crippen MR) is 65.5 cm³/mol. The smallest absolute Gasteiger partial charge is 0.326 e. The maximum Gasteiger partial charge on any atom is 0.326 e. The highest BCUT2D eigenvalue weighted by Gasteiger charge is 2.35. The second-order valence-corrected chi connectivity index (χ2v) is 5.41. The Hall–Kier alpha value is -1.36. The van der Waals surface area contributed by atoms with E-state index in [-0.39, 0.29) is 5.91 Å². The Morgan fingerprint density at radius 2 is 2.18 bits per heavy atom. The molecule has 1 aliphatic rings. The Labute approximate surface area is 104 Å². The number of rotatable bonds is 2. The van der Waals surface area contributed by atoms with Crippen LogP contribution in [0.4, 0.5) is 0 Å². The molecule has 0 bridgehead atoms. The SMILES string of the molecule is Cc1scc(C(=O)N2CCCC2C(=O)O)c1C. The van der Waals surface area contributed by atoms with Gasteiger partial charge in [0.2, 0.25) is 0 Å². The fourth-order valence-electron chi connectivity index (χ4n) is 2.15. The van der Waals surface area contributed by atoms with Crippen molar-refractivity contribution in [2.45, 2.75) is 32.7 Å². The zero-order chi connectivity index (χ0) is 12.6. The van der Waals surface area contributed by atoms with Crippen LogP contribution in [-0.2, 0) is 4.79 Å². The first-order valence-electron chi connectivity index (χ1n) is 5.61. The summed E-state index contributed by atoms with van der Waals surface area (Å²) in [7, 11) is 0. The lowest BCUT2D eigenvalue weighted by Crippen LogP contribution is -2.40. The first-order valence-corrected chi connectivity index (χ1v) is 6.48. The molecule has 92 valence electrons. The van der Waals surface area contributed by atoms with Crippen LogP contribution in [0.2, 0.25) is 0 Å². The number of carboxylic acids is 1. The van der Waals surface area contributed by atoms with Crippen LogP contribution < -0.4 is 0 Å². The third kappa shape index (κ3) is 2.07. The zero-order valence-electron chi connectivity index (χ0n) is 9.90. The number of hydrogen-bond donors (Lipinski definition) is 1. The van der Waals surface area contributed by atoms with Crippen molar-refractivity contribution < 1.29 is 14.7 Å². The summed E-state index contributed by atoms with van der Waals surface area (Å²) in [5.41, 5.74) is 1.62. The second kappa shape index (κ2) is 4.49. The molecule has 0 spiro atoms. The van der Waals surface area contributed by atoms with E-state index in [1.165, 1.54) is 16.2 Å². The van der Waals surface area contributed by atoms with E-state index in [2.05, 4.69) is 0 Å². The lowest BCUT2D eigenvalue weighted by molar-refractivity contribution is -0.141. The van der Waals surface area contributed by atoms with Crippen LogP contribution in [0.15, 0.2) is 5.38 Å². The molecule has 5 heteroatoms. The average molecular weight is 253 g/mol. The van der Waals surface area contributed by atoms with Crippen molar-refractivity contribution in [3.05, 3.63) is 21.4 Å². The van der Waals surface area contributed by atoms with E-state index in [1.807, 2.05) is 19.2 Å². The summed E-state index contributed by atoms with van der Waals surface area (Å²) in [6, 6.07) is -0.651. The lowest BCUT2D eigenvalue weighted by atomic mass is 10.1. The number of amides is 1. The molecule has 1 N–H and O–H groups in total. The van der Waals surface area contributed by atoms with Crippen molar-refractivity contribution in [2.75, 3.05) is 6.54 Å². The molecular weight excluding hydrogens is 238 g/mol. The molecule has 1 saturated heterocycles. The number of carbonyl (C=O) groups is 2. The zero-order valence-corrected chi connectivity index (χ0v) is 10.7. The lowest BCUT2D eigenvalue weighted by Gasteiger charge is -2.21. The topological polar surface area (TPSA) is 57.6 Å². The number of likely N-dealkylation sites (tertiary alicyclic amines) is 1. The minimum absolute atomic E-state index is 0.142. The molecule has 1 aromatic heterocycles. The molecule has 0 radical (unpaired) electrons. The predicted octanol–water partition coefficient (Wildman–Crippen LogP) is 2.05. The molecule has 0 saturated carbocycles. The first-order chi connectivity index (χ1) is 8.02. The Bertz CT molecular complexity index is 466. The molecular formula is C12H15NO3S. The molecule has 1 aliphatic heterocycles. The second-order valence-electron chi connectivity index (χ2n) is 4.33. The number of thiophene rings is 1. The van der Waals surface area contributed by atoms with Crippen molar-refractivity contribution in [1.82, 2.24) is 4.90 Å². The molecule has 4 nitrogen and oxygen atoms in total. The van der Waals surface area contributed by atoms with Gasteiger partial charge >= 0.3 is 5.97 Å². The summed E-state index contributed by atoms with van der Waals surface area (Å²) in [5, 5.41) is 10.9. The molecule has 1 atom stereocenters. The van der Waals surface area contributed by atoms with Gasteiger partial charge in [-0.2, -0.15) is 0 Å². The van der Waals surface area contributed by atoms with E-state index in [9.17, 15) is 9.59 Å². The molecule has 17 heavy (non-hydrogen) atoms. The van der Waals surface area contributed by atoms with Crippen LogP contribution in [0.3, 0.4) is 0 Å². The van der Waals surface area contributed by atoms with Crippen LogP contribution in [0.25, 0.3) is 0 Å². The van der Waals surface area contributed by atoms with Gasteiger partial charge in [-0.05, 0) is 32.3 Å². The summed E-state index contributed by atoms with van der Waals surface area (Å²) in [6.07, 6.45) is 1.33. The Morgan fingerprint density at radius 1 is 1.47 bits per heavy atom. The molecule has 1 aromatic rings. The summed E-state index contributed by atoms with van der Waals surface area (Å²) < 4.78 is 0. The van der Waals surface area contributed by atoms with Gasteiger partial charge in [0, 0.05) is 16.8 Å². The minimum atomic E-state index is -0.902. The Kier molecular flexibility index (Phi) is 3.19. The van der Waals surface area contributed by atoms with Crippen molar-refractivity contribution in [3.8, 4) is 0 Å². The number of carbonyl (C=O) groups excluding carboxylic acids is 1. The highest BCUT2D eigenvalue weighted by molar-refractivity contribution is 7.10. The molecule has 1 unspecified atom stereocenters. The van der Waals surface area contributed by atoms with Crippen molar-refractivity contribution in [1.29, 1.82) is 0 Å². The third-order valence-corrected chi connectivity index (χ3v) is 4.33. The fraction of sp³-hybridized carbons (Fsp3) is 0.500. The summed E-state index contributed by atoms with van der Waals surface area (Å²) >= 11 is 1.53. The van der Waals surface area contributed by atoms with Gasteiger partial charge in [-0.1, -0.05) is 0 Å². The van der Waals surface area contributed by atoms with Crippen molar-refractivity contribution >= 4 is 23.2 Å². The monoisotopic (exact) mass is 253 g/mol. The van der Waals surface area contributed by atoms with Crippen LogP contribution in [0.1, 0.15) is 33.6 Å². The van der Waals surface area contributed by atoms with Gasteiger partial charge in [0.25, 0.3) is 5.91 Å². The molecule has 2 rings (SSSR count). The van der Waals surface area contributed by atoms with Gasteiger partial charge in [-0.25, -0.2) is 4.79 Å². The van der Waals surface area contributed by atoms with Crippen LogP contribution >= 0.6 is 11.3 Å². The van der Waals surface area contributed by atoms with E-state index >= 15 is 0 Å². The normalized spacial score (nSPS) is 19.6. The molecule has 0 aliphatic carbocycles. The number of nitrogens with zero attached hydrogens (tertiary/aromatic N) is 1. The molecule has 1 amide bonds. The molecule has 0 aromatic carbocycles. The van der Waals surface area contributed by atoms with Gasteiger partial charge in [-0.15, -0.1) is 11.3 Å². The van der Waals surface area contributed by atoms with Crippen molar-refractivity contribution in [3.63, 3.8) is 0 Å². The van der Waals surface area contributed by atoms with Crippen LogP contribution in [-0.4, -0.2) is 34.5 Å². The number of hydrogen-bond acceptors (Lipinski definition) is 3. The van der Waals surface area contributed by atoms with Crippen molar-refractivity contribution in [2.24, 2.45) is 0 Å². The molecule has 1 fully saturated rings. The largest absolute Gasteiger partial charge is 0.480 e. The highest BCUT2D eigenvalue weighted by atomic mass is 32.1. The number of carboxylic acid groups (broad SMARTS) is 1. The van der Waals surface area contributed by atoms with Crippen LogP contribution in [0.5, 0.6) is 0 Å². The maximum absolute atomic E-state index is 12.3. The number of aryl methyl sites for hydroxylation is 1. The first kappa shape index (κ1) is 12.1. The van der Waals surface area contributed by atoms with Gasteiger partial charge in [-0.3, -0.25) is 4.79 Å². The quantitative estimate of drug-likeness (QED) is 0.877. The fourth-order valence-corrected chi connectivity index (χ4v) is 3.00. The summed E-state index contributed by atoms with van der Waals surface area (Å²) in [6.45, 7) is 4.42. The summed E-state index contributed by atoms with van der Waals surface area (Å²) in [4.78, 5) is 25.9. The maximum atomic E-state index is 12.3. The van der Waals surface area contributed by atoms with E-state index in [0.717, 1.165) is 16.9 Å². The van der Waals surface area contributed by atoms with Crippen LogP contribution in [0, 0.1) is 13.8 Å². The van der Waals surface area contributed by atoms with E-state index in [1.54, 1.807) is 0 Å². The van der Waals surface area contributed by atoms with Gasteiger partial charge in [0.05, 0.1) is 5.56 Å². The number of aliphatic carboxylic acids is 1. The average Bonchev–Trinajstić information content (AvgIpc) is 2.87. The van der Waals surface area contributed by atoms with Gasteiger partial charge in [0.15, 0.2) is 0 Å². The van der Waals surface area contributed by atoms with E-state index in [4.69, 9.17) is 5.11 Å². The van der Waals surface area contributed by atoms with E-state index in [0.29, 0.717) is 18.5 Å².